The van der Waals surface area contributed by atoms with E-state index >= 15 is 0 Å². The largest absolute Gasteiger partial charge is 0.357 e. The van der Waals surface area contributed by atoms with Crippen LogP contribution in [0.25, 0.3) is 0 Å². The number of nitrogens with zero attached hydrogens (tertiary/aromatic N) is 1. The molecule has 1 heterocycles. The zero-order valence-electron chi connectivity index (χ0n) is 11.2. The smallest absolute Gasteiger partial charge is 0.257 e. The number of rotatable bonds is 2. The average molecular weight is 343 g/mol. The number of halogens is 2. The number of likely N-dealkylation sites (tertiary alicyclic amines) is 1. The first-order chi connectivity index (χ1) is 9.56. The summed E-state index contributed by atoms with van der Waals surface area (Å²) in [6.07, 6.45) is 2.33. The van der Waals surface area contributed by atoms with E-state index in [1.807, 2.05) is 0 Å². The molecule has 1 unspecified atom stereocenters. The molecule has 0 spiro atoms. The minimum Gasteiger partial charge on any atom is -0.357 e. The molecule has 1 saturated heterocycles. The minimum atomic E-state index is -0.585. The van der Waals surface area contributed by atoms with Crippen LogP contribution in [0, 0.1) is 5.82 Å². The molecule has 1 N–H and O–H groups in total. The van der Waals surface area contributed by atoms with Crippen LogP contribution >= 0.6 is 15.9 Å². The van der Waals surface area contributed by atoms with Crippen LogP contribution in [0.3, 0.4) is 0 Å². The van der Waals surface area contributed by atoms with Crippen LogP contribution in [0.2, 0.25) is 0 Å². The summed E-state index contributed by atoms with van der Waals surface area (Å²) in [5.74, 6) is -1.22. The topological polar surface area (TPSA) is 49.4 Å². The van der Waals surface area contributed by atoms with Crippen molar-refractivity contribution in [2.24, 2.45) is 0 Å². The monoisotopic (exact) mass is 342 g/mol. The first-order valence-corrected chi connectivity index (χ1v) is 7.32. The second-order valence-corrected chi connectivity index (χ2v) is 5.58. The Morgan fingerprint density at radius 1 is 1.40 bits per heavy atom. The Kier molecular flexibility index (Phi) is 4.75. The Balaban J connectivity index is 2.30. The highest BCUT2D eigenvalue weighted by atomic mass is 79.9. The lowest BCUT2D eigenvalue weighted by Crippen LogP contribution is -2.51. The zero-order chi connectivity index (χ0) is 14.7. The maximum atomic E-state index is 14.0. The van der Waals surface area contributed by atoms with Crippen molar-refractivity contribution in [2.75, 3.05) is 13.6 Å². The van der Waals surface area contributed by atoms with Crippen LogP contribution < -0.4 is 5.32 Å². The van der Waals surface area contributed by atoms with Gasteiger partial charge in [0, 0.05) is 13.6 Å². The summed E-state index contributed by atoms with van der Waals surface area (Å²) in [5.41, 5.74) is -0.00446. The van der Waals surface area contributed by atoms with E-state index in [0.717, 1.165) is 12.8 Å². The van der Waals surface area contributed by atoms with Crippen molar-refractivity contribution >= 4 is 27.7 Å². The van der Waals surface area contributed by atoms with Gasteiger partial charge in [-0.1, -0.05) is 6.07 Å². The minimum absolute atomic E-state index is 0.00446. The van der Waals surface area contributed by atoms with E-state index in [1.54, 1.807) is 19.2 Å². The summed E-state index contributed by atoms with van der Waals surface area (Å²) in [7, 11) is 1.54. The molecule has 2 amide bonds. The van der Waals surface area contributed by atoms with Crippen molar-refractivity contribution in [2.45, 2.75) is 25.3 Å². The molecule has 20 heavy (non-hydrogen) atoms. The predicted octanol–water partition coefficient (Wildman–Crippen LogP) is 2.33. The molecule has 108 valence electrons. The van der Waals surface area contributed by atoms with E-state index in [1.165, 1.54) is 11.0 Å². The molecule has 2 rings (SSSR count). The van der Waals surface area contributed by atoms with Crippen LogP contribution in [0.15, 0.2) is 22.7 Å². The molecule has 4 nitrogen and oxygen atoms in total. The number of benzene rings is 1. The second-order valence-electron chi connectivity index (χ2n) is 4.73. The van der Waals surface area contributed by atoms with Gasteiger partial charge in [-0.25, -0.2) is 4.39 Å². The van der Waals surface area contributed by atoms with Gasteiger partial charge in [0.15, 0.2) is 0 Å². The van der Waals surface area contributed by atoms with Gasteiger partial charge in [-0.2, -0.15) is 0 Å². The molecule has 1 aromatic rings. The van der Waals surface area contributed by atoms with Crippen molar-refractivity contribution in [1.29, 1.82) is 0 Å². The molecule has 0 aromatic heterocycles. The summed E-state index contributed by atoms with van der Waals surface area (Å²) in [6, 6.07) is 4.08. The van der Waals surface area contributed by atoms with Gasteiger partial charge in [0.2, 0.25) is 5.91 Å². The molecular weight excluding hydrogens is 327 g/mol. The number of carbonyl (C=O) groups excluding carboxylic acids is 2. The van der Waals surface area contributed by atoms with E-state index < -0.39 is 17.8 Å². The Morgan fingerprint density at radius 2 is 2.15 bits per heavy atom. The summed E-state index contributed by atoms with van der Waals surface area (Å²) < 4.78 is 14.3. The van der Waals surface area contributed by atoms with Gasteiger partial charge in [-0.05, 0) is 47.3 Å². The number of nitrogens with one attached hydrogen (secondary N) is 1. The van der Waals surface area contributed by atoms with Crippen LogP contribution in [0.1, 0.15) is 29.6 Å². The molecule has 1 aliphatic rings. The van der Waals surface area contributed by atoms with Gasteiger partial charge in [-0.3, -0.25) is 9.59 Å². The molecule has 0 radical (unpaired) electrons. The van der Waals surface area contributed by atoms with E-state index in [0.29, 0.717) is 13.0 Å². The quantitative estimate of drug-likeness (QED) is 0.896. The average Bonchev–Trinajstić information content (AvgIpc) is 2.48. The lowest BCUT2D eigenvalue weighted by Gasteiger charge is -2.34. The number of likely N-dealkylation sites (N-methyl/N-ethyl adjacent to an activating group) is 1. The number of amides is 2. The van der Waals surface area contributed by atoms with Crippen molar-refractivity contribution in [1.82, 2.24) is 10.2 Å². The van der Waals surface area contributed by atoms with Crippen LogP contribution in [-0.2, 0) is 4.79 Å². The van der Waals surface area contributed by atoms with Gasteiger partial charge in [0.25, 0.3) is 5.91 Å². The Bertz CT molecular complexity index is 536. The van der Waals surface area contributed by atoms with E-state index in [9.17, 15) is 14.0 Å². The molecule has 1 aromatic carbocycles. The SMILES string of the molecule is CNC(=O)C1CCCCN1C(=O)c1cccc(Br)c1F. The van der Waals surface area contributed by atoms with Crippen LogP contribution in [0.4, 0.5) is 4.39 Å². The maximum Gasteiger partial charge on any atom is 0.257 e. The third-order valence-electron chi connectivity index (χ3n) is 3.49. The van der Waals surface area contributed by atoms with Crippen molar-refractivity contribution < 1.29 is 14.0 Å². The number of hydrogen-bond acceptors (Lipinski definition) is 2. The molecule has 0 aliphatic carbocycles. The van der Waals surface area contributed by atoms with Crippen molar-refractivity contribution in [3.05, 3.63) is 34.1 Å². The van der Waals surface area contributed by atoms with E-state index in [4.69, 9.17) is 0 Å². The van der Waals surface area contributed by atoms with Crippen molar-refractivity contribution in [3.8, 4) is 0 Å². The Morgan fingerprint density at radius 3 is 2.85 bits per heavy atom. The van der Waals surface area contributed by atoms with E-state index in [-0.39, 0.29) is 15.9 Å². The van der Waals surface area contributed by atoms with Gasteiger partial charge in [-0.15, -0.1) is 0 Å². The fraction of sp³-hybridized carbons (Fsp3) is 0.429. The summed E-state index contributed by atoms with van der Waals surface area (Å²) in [4.78, 5) is 25.8. The Hall–Kier alpha value is -1.43. The normalized spacial score (nSPS) is 18.8. The molecular formula is C14H16BrFN2O2. The first-order valence-electron chi connectivity index (χ1n) is 6.53. The molecule has 1 fully saturated rings. The first kappa shape index (κ1) is 15.0. The Labute approximate surface area is 125 Å². The highest BCUT2D eigenvalue weighted by molar-refractivity contribution is 9.10. The standard InChI is InChI=1S/C14H16BrFN2O2/c1-17-13(19)11-7-2-3-8-18(11)14(20)9-5-4-6-10(15)12(9)16/h4-6,11H,2-3,7-8H2,1H3,(H,17,19). The number of hydrogen-bond donors (Lipinski definition) is 1. The molecule has 0 saturated carbocycles. The van der Waals surface area contributed by atoms with E-state index in [2.05, 4.69) is 21.2 Å². The maximum absolute atomic E-state index is 14.0. The van der Waals surface area contributed by atoms with Crippen molar-refractivity contribution in [3.63, 3.8) is 0 Å². The van der Waals surface area contributed by atoms with Gasteiger partial charge < -0.3 is 10.2 Å². The predicted molar refractivity (Wildman–Crippen MR) is 76.8 cm³/mol. The van der Waals surface area contributed by atoms with Gasteiger partial charge >= 0.3 is 0 Å². The molecule has 1 aliphatic heterocycles. The fourth-order valence-corrected chi connectivity index (χ4v) is 2.80. The van der Waals surface area contributed by atoms with Gasteiger partial charge in [0.1, 0.15) is 11.9 Å². The zero-order valence-corrected chi connectivity index (χ0v) is 12.7. The van der Waals surface area contributed by atoms with Crippen LogP contribution in [0.5, 0.6) is 0 Å². The summed E-state index contributed by atoms with van der Waals surface area (Å²) in [5, 5.41) is 2.56. The second kappa shape index (κ2) is 6.35. The number of carbonyl (C=O) groups is 2. The van der Waals surface area contributed by atoms with Crippen LogP contribution in [-0.4, -0.2) is 36.3 Å². The molecule has 0 bridgehead atoms. The summed E-state index contributed by atoms with van der Waals surface area (Å²) in [6.45, 7) is 0.475. The third kappa shape index (κ3) is 2.85. The fourth-order valence-electron chi connectivity index (χ4n) is 2.44. The van der Waals surface area contributed by atoms with Gasteiger partial charge in [0.05, 0.1) is 10.0 Å². The summed E-state index contributed by atoms with van der Waals surface area (Å²) >= 11 is 3.07. The lowest BCUT2D eigenvalue weighted by molar-refractivity contribution is -0.126. The lowest BCUT2D eigenvalue weighted by atomic mass is 10.00. The molecule has 6 heteroatoms. The molecule has 1 atom stereocenters. The highest BCUT2D eigenvalue weighted by Gasteiger charge is 2.33. The number of piperidine rings is 1. The third-order valence-corrected chi connectivity index (χ3v) is 4.11. The highest BCUT2D eigenvalue weighted by Crippen LogP contribution is 2.24.